The van der Waals surface area contributed by atoms with Crippen LogP contribution in [0, 0.1) is 0 Å². The summed E-state index contributed by atoms with van der Waals surface area (Å²) in [5.74, 6) is 0. The van der Waals surface area contributed by atoms with Gasteiger partial charge in [-0.3, -0.25) is 0 Å². The Kier molecular flexibility index (Phi) is 2.35. The van der Waals surface area contributed by atoms with Gasteiger partial charge in [0.25, 0.3) is 0 Å². The van der Waals surface area contributed by atoms with Crippen molar-refractivity contribution in [2.24, 2.45) is 0 Å². The van der Waals surface area contributed by atoms with Crippen LogP contribution in [0.4, 0.5) is 0 Å². The molecule has 0 aliphatic carbocycles. The molecule has 70 valence electrons. The number of hydrogen-bond donors (Lipinski definition) is 0. The molecular formula is C11H14OS. The molecular weight excluding hydrogens is 180 g/mol. The highest BCUT2D eigenvalue weighted by Gasteiger charge is 2.33. The Morgan fingerprint density at radius 2 is 2.00 bits per heavy atom. The predicted molar refractivity (Wildman–Crippen MR) is 56.8 cm³/mol. The summed E-state index contributed by atoms with van der Waals surface area (Å²) in [4.78, 5) is -0.0134. The highest BCUT2D eigenvalue weighted by Crippen LogP contribution is 2.45. The normalized spacial score (nSPS) is 26.2. The highest BCUT2D eigenvalue weighted by atomic mass is 32.2. The van der Waals surface area contributed by atoms with Crippen molar-refractivity contribution in [2.75, 3.05) is 6.61 Å². The Balaban J connectivity index is 2.13. The summed E-state index contributed by atoms with van der Waals surface area (Å²) in [6, 6.07) is 10.6. The van der Waals surface area contributed by atoms with Gasteiger partial charge in [0.05, 0.1) is 11.9 Å². The molecule has 1 aromatic carbocycles. The van der Waals surface area contributed by atoms with Crippen LogP contribution in [0.5, 0.6) is 0 Å². The fraction of sp³-hybridized carbons (Fsp3) is 0.455. The van der Waals surface area contributed by atoms with Crippen LogP contribution >= 0.6 is 11.8 Å². The zero-order chi connectivity index (χ0) is 9.31. The third-order valence-corrected chi connectivity index (χ3v) is 3.56. The van der Waals surface area contributed by atoms with Gasteiger partial charge in [-0.1, -0.05) is 30.3 Å². The van der Waals surface area contributed by atoms with Gasteiger partial charge >= 0.3 is 0 Å². The van der Waals surface area contributed by atoms with E-state index in [4.69, 9.17) is 4.74 Å². The molecule has 13 heavy (non-hydrogen) atoms. The minimum absolute atomic E-state index is 0.0134. The molecule has 0 N–H and O–H groups in total. The fourth-order valence-electron chi connectivity index (χ4n) is 1.52. The highest BCUT2D eigenvalue weighted by molar-refractivity contribution is 8.00. The Morgan fingerprint density at radius 1 is 1.31 bits per heavy atom. The lowest BCUT2D eigenvalue weighted by atomic mass is 10.2. The van der Waals surface area contributed by atoms with Crippen molar-refractivity contribution in [3.63, 3.8) is 0 Å². The average molecular weight is 194 g/mol. The zero-order valence-corrected chi connectivity index (χ0v) is 8.80. The van der Waals surface area contributed by atoms with E-state index in [0.717, 1.165) is 6.61 Å². The van der Waals surface area contributed by atoms with Crippen molar-refractivity contribution < 1.29 is 4.74 Å². The summed E-state index contributed by atoms with van der Waals surface area (Å²) < 4.78 is 5.67. The van der Waals surface area contributed by atoms with E-state index in [-0.39, 0.29) is 4.93 Å². The van der Waals surface area contributed by atoms with Crippen LogP contribution in [0.3, 0.4) is 0 Å². The van der Waals surface area contributed by atoms with Crippen molar-refractivity contribution in [1.82, 2.24) is 0 Å². The molecule has 1 heterocycles. The molecule has 1 fully saturated rings. The van der Waals surface area contributed by atoms with Gasteiger partial charge in [-0.15, -0.1) is 11.8 Å². The van der Waals surface area contributed by atoms with Crippen LogP contribution in [0.25, 0.3) is 0 Å². The van der Waals surface area contributed by atoms with Gasteiger partial charge in [-0.05, 0) is 19.4 Å². The van der Waals surface area contributed by atoms with Gasteiger partial charge in [-0.2, -0.15) is 0 Å². The number of ether oxygens (including phenoxy) is 1. The summed E-state index contributed by atoms with van der Waals surface area (Å²) in [5, 5.41) is 0.510. The molecule has 0 aromatic heterocycles. The van der Waals surface area contributed by atoms with E-state index in [2.05, 4.69) is 44.2 Å². The average Bonchev–Trinajstić information content (AvgIpc) is 2.48. The van der Waals surface area contributed by atoms with Crippen molar-refractivity contribution in [3.8, 4) is 0 Å². The molecule has 1 aliphatic rings. The second-order valence-corrected chi connectivity index (χ2v) is 5.52. The second-order valence-electron chi connectivity index (χ2n) is 3.73. The number of rotatable bonds is 1. The fourth-order valence-corrected chi connectivity index (χ4v) is 2.77. The van der Waals surface area contributed by atoms with Gasteiger partial charge in [0.1, 0.15) is 4.93 Å². The molecule has 1 atom stereocenters. The second kappa shape index (κ2) is 3.35. The quantitative estimate of drug-likeness (QED) is 0.679. The van der Waals surface area contributed by atoms with Gasteiger partial charge in [0.15, 0.2) is 0 Å². The Hall–Kier alpha value is -0.470. The molecule has 2 heteroatoms. The lowest BCUT2D eigenvalue weighted by Crippen LogP contribution is -2.11. The largest absolute Gasteiger partial charge is 0.363 e. The molecule has 0 bridgehead atoms. The van der Waals surface area contributed by atoms with Crippen molar-refractivity contribution in [3.05, 3.63) is 35.9 Å². The van der Waals surface area contributed by atoms with Gasteiger partial charge in [0, 0.05) is 0 Å². The third-order valence-electron chi connectivity index (χ3n) is 2.18. The summed E-state index contributed by atoms with van der Waals surface area (Å²) in [6.45, 7) is 5.09. The summed E-state index contributed by atoms with van der Waals surface area (Å²) in [5.41, 5.74) is 1.37. The van der Waals surface area contributed by atoms with E-state index in [1.807, 2.05) is 11.8 Å². The molecule has 1 aromatic rings. The lowest BCUT2D eigenvalue weighted by molar-refractivity contribution is 0.0732. The maximum absolute atomic E-state index is 5.67. The lowest BCUT2D eigenvalue weighted by Gasteiger charge is -2.15. The molecule has 1 aliphatic heterocycles. The van der Waals surface area contributed by atoms with Gasteiger partial charge in [0.2, 0.25) is 0 Å². The van der Waals surface area contributed by atoms with E-state index >= 15 is 0 Å². The van der Waals surface area contributed by atoms with Gasteiger partial charge < -0.3 is 4.74 Å². The molecule has 1 saturated heterocycles. The Morgan fingerprint density at radius 3 is 2.54 bits per heavy atom. The van der Waals surface area contributed by atoms with Crippen LogP contribution in [0.15, 0.2) is 30.3 Å². The number of benzene rings is 1. The number of hydrogen-bond acceptors (Lipinski definition) is 2. The first-order valence-corrected chi connectivity index (χ1v) is 5.42. The van der Waals surface area contributed by atoms with Crippen molar-refractivity contribution in [1.29, 1.82) is 0 Å². The first-order chi connectivity index (χ1) is 6.17. The SMILES string of the molecule is CC1(C)OCC(c2ccccc2)S1. The van der Waals surface area contributed by atoms with E-state index in [1.165, 1.54) is 5.56 Å². The first kappa shape index (κ1) is 9.10. The molecule has 0 radical (unpaired) electrons. The molecule has 0 amide bonds. The minimum Gasteiger partial charge on any atom is -0.363 e. The predicted octanol–water partition coefficient (Wildman–Crippen LogP) is 3.23. The zero-order valence-electron chi connectivity index (χ0n) is 7.99. The van der Waals surface area contributed by atoms with E-state index in [9.17, 15) is 0 Å². The number of thioether (sulfide) groups is 1. The van der Waals surface area contributed by atoms with E-state index in [1.54, 1.807) is 0 Å². The summed E-state index contributed by atoms with van der Waals surface area (Å²) in [7, 11) is 0. The molecule has 0 spiro atoms. The molecule has 1 nitrogen and oxygen atoms in total. The monoisotopic (exact) mass is 194 g/mol. The van der Waals surface area contributed by atoms with E-state index in [0.29, 0.717) is 5.25 Å². The third kappa shape index (κ3) is 2.06. The van der Waals surface area contributed by atoms with Crippen LogP contribution in [0.2, 0.25) is 0 Å². The van der Waals surface area contributed by atoms with E-state index < -0.39 is 0 Å². The van der Waals surface area contributed by atoms with Crippen LogP contribution in [-0.2, 0) is 4.74 Å². The smallest absolute Gasteiger partial charge is 0.108 e. The maximum Gasteiger partial charge on any atom is 0.108 e. The van der Waals surface area contributed by atoms with Crippen molar-refractivity contribution >= 4 is 11.8 Å². The molecule has 2 rings (SSSR count). The van der Waals surface area contributed by atoms with Crippen LogP contribution in [-0.4, -0.2) is 11.5 Å². The van der Waals surface area contributed by atoms with Crippen LogP contribution in [0.1, 0.15) is 24.7 Å². The molecule has 0 saturated carbocycles. The standard InChI is InChI=1S/C11H14OS/c1-11(2)12-8-10(13-11)9-6-4-3-5-7-9/h3-7,10H,8H2,1-2H3. The maximum atomic E-state index is 5.67. The first-order valence-electron chi connectivity index (χ1n) is 4.54. The van der Waals surface area contributed by atoms with Crippen LogP contribution < -0.4 is 0 Å². The topological polar surface area (TPSA) is 9.23 Å². The summed E-state index contributed by atoms with van der Waals surface area (Å²) in [6.07, 6.45) is 0. The van der Waals surface area contributed by atoms with Crippen molar-refractivity contribution in [2.45, 2.75) is 24.0 Å². The minimum atomic E-state index is -0.0134. The molecule has 1 unspecified atom stereocenters. The van der Waals surface area contributed by atoms with Gasteiger partial charge in [-0.25, -0.2) is 0 Å². The Labute approximate surface area is 83.5 Å². The summed E-state index contributed by atoms with van der Waals surface area (Å²) >= 11 is 1.90. The Bertz CT molecular complexity index is 281.